The normalized spacial score (nSPS) is 11.2. The molecule has 6 nitrogen and oxygen atoms in total. The summed E-state index contributed by atoms with van der Waals surface area (Å²) in [5.74, 6) is 1.15. The van der Waals surface area contributed by atoms with Crippen molar-refractivity contribution < 1.29 is 23.4 Å². The number of hydrogen-bond donors (Lipinski definition) is 0. The van der Waals surface area contributed by atoms with E-state index in [1.54, 1.807) is 24.3 Å². The van der Waals surface area contributed by atoms with Gasteiger partial charge in [0.1, 0.15) is 29.1 Å². The minimum Gasteiger partial charge on any atom is -0.460 e. The molecule has 1 heterocycles. The molecule has 0 aliphatic rings. The molecule has 0 spiro atoms. The summed E-state index contributed by atoms with van der Waals surface area (Å²) in [6.45, 7) is 6.38. The second kappa shape index (κ2) is 8.59. The first-order valence-corrected chi connectivity index (χ1v) is 10.1. The van der Waals surface area contributed by atoms with Gasteiger partial charge in [0.05, 0.1) is 5.39 Å². The van der Waals surface area contributed by atoms with Crippen LogP contribution in [-0.2, 0) is 5.41 Å². The van der Waals surface area contributed by atoms with Gasteiger partial charge in [-0.05, 0) is 47.4 Å². The van der Waals surface area contributed by atoms with Gasteiger partial charge in [0.15, 0.2) is 0 Å². The summed E-state index contributed by atoms with van der Waals surface area (Å²) in [6.07, 6.45) is 0.352. The van der Waals surface area contributed by atoms with Crippen LogP contribution < -0.4 is 19.6 Å². The van der Waals surface area contributed by atoms with E-state index in [9.17, 15) is 9.59 Å². The molecule has 0 radical (unpaired) electrons. The summed E-state index contributed by atoms with van der Waals surface area (Å²) in [7, 11) is 0. The molecule has 32 heavy (non-hydrogen) atoms. The second-order valence-electron chi connectivity index (χ2n) is 8.23. The van der Waals surface area contributed by atoms with Gasteiger partial charge >= 0.3 is 6.16 Å². The quantitative estimate of drug-likeness (QED) is 0.273. The molecule has 0 bridgehead atoms. The molecule has 4 aromatic rings. The molecule has 3 aromatic carbocycles. The van der Waals surface area contributed by atoms with Crippen LogP contribution in [0.15, 0.2) is 88.3 Å². The Morgan fingerprint density at radius 2 is 1.47 bits per heavy atom. The van der Waals surface area contributed by atoms with E-state index in [0.29, 0.717) is 16.9 Å². The number of fused-ring (bicyclic) bond motifs is 1. The average Bonchev–Trinajstić information content (AvgIpc) is 2.76. The van der Waals surface area contributed by atoms with Crippen LogP contribution >= 0.6 is 0 Å². The third-order valence-corrected chi connectivity index (χ3v) is 4.81. The van der Waals surface area contributed by atoms with E-state index in [0.717, 1.165) is 5.56 Å². The van der Waals surface area contributed by atoms with Crippen molar-refractivity contribution in [3.8, 4) is 23.0 Å². The minimum atomic E-state index is -0.892. The van der Waals surface area contributed by atoms with Crippen LogP contribution in [0.4, 0.5) is 4.79 Å². The monoisotopic (exact) mass is 430 g/mol. The Bertz CT molecular complexity index is 1300. The lowest BCUT2D eigenvalue weighted by Gasteiger charge is -2.19. The highest BCUT2D eigenvalue weighted by Crippen LogP contribution is 2.27. The largest absolute Gasteiger partial charge is 0.519 e. The number of ether oxygens (including phenoxy) is 3. The van der Waals surface area contributed by atoms with Gasteiger partial charge in [0.25, 0.3) is 0 Å². The predicted octanol–water partition coefficient (Wildman–Crippen LogP) is 6.46. The van der Waals surface area contributed by atoms with Crippen molar-refractivity contribution in [1.82, 2.24) is 0 Å². The van der Waals surface area contributed by atoms with Crippen LogP contribution in [0.3, 0.4) is 0 Å². The van der Waals surface area contributed by atoms with Gasteiger partial charge in [0.2, 0.25) is 11.2 Å². The SMILES string of the molecule is CC(C)(C)c1ccc(Oc2coc3cc(OC(=O)Oc4ccccc4)ccc3c2=O)cc1. The molecule has 0 N–H and O–H groups in total. The van der Waals surface area contributed by atoms with Gasteiger partial charge in [-0.15, -0.1) is 0 Å². The lowest BCUT2D eigenvalue weighted by Crippen LogP contribution is -2.13. The molecule has 0 atom stereocenters. The van der Waals surface area contributed by atoms with Gasteiger partial charge in [-0.2, -0.15) is 0 Å². The molecule has 0 unspecified atom stereocenters. The maximum atomic E-state index is 12.8. The van der Waals surface area contributed by atoms with Gasteiger partial charge in [-0.1, -0.05) is 51.1 Å². The fourth-order valence-corrected chi connectivity index (χ4v) is 3.08. The first-order chi connectivity index (χ1) is 15.3. The molecule has 6 heteroatoms. The Balaban J connectivity index is 1.51. The summed E-state index contributed by atoms with van der Waals surface area (Å²) >= 11 is 0. The van der Waals surface area contributed by atoms with E-state index >= 15 is 0 Å². The topological polar surface area (TPSA) is 75.0 Å². The van der Waals surface area contributed by atoms with Crippen molar-refractivity contribution >= 4 is 17.1 Å². The van der Waals surface area contributed by atoms with Crippen LogP contribution in [-0.4, -0.2) is 6.16 Å². The summed E-state index contributed by atoms with van der Waals surface area (Å²) in [6, 6.07) is 20.6. The van der Waals surface area contributed by atoms with Gasteiger partial charge in [-0.3, -0.25) is 4.79 Å². The van der Waals surface area contributed by atoms with Crippen molar-refractivity contribution in [3.05, 3.63) is 94.8 Å². The lowest BCUT2D eigenvalue weighted by atomic mass is 9.87. The molecule has 162 valence electrons. The fourth-order valence-electron chi connectivity index (χ4n) is 3.08. The lowest BCUT2D eigenvalue weighted by molar-refractivity contribution is 0.152. The van der Waals surface area contributed by atoms with Crippen LogP contribution in [0, 0.1) is 0 Å². The van der Waals surface area contributed by atoms with Crippen molar-refractivity contribution in [3.63, 3.8) is 0 Å². The van der Waals surface area contributed by atoms with E-state index in [2.05, 4.69) is 20.8 Å². The Labute approximate surface area is 185 Å². The molecule has 1 aromatic heterocycles. The number of para-hydroxylation sites is 1. The molecule has 0 aliphatic carbocycles. The average molecular weight is 430 g/mol. The number of carbonyl (C=O) groups excluding carboxylic acids is 1. The Morgan fingerprint density at radius 1 is 0.812 bits per heavy atom. The molecule has 0 amide bonds. The smallest absolute Gasteiger partial charge is 0.460 e. The zero-order valence-electron chi connectivity index (χ0n) is 18.0. The molecule has 0 saturated carbocycles. The molecule has 0 fully saturated rings. The fraction of sp³-hybridized carbons (Fsp3) is 0.154. The maximum absolute atomic E-state index is 12.8. The van der Waals surface area contributed by atoms with Crippen molar-refractivity contribution in [2.75, 3.05) is 0 Å². The Morgan fingerprint density at radius 3 is 2.16 bits per heavy atom. The summed E-state index contributed by atoms with van der Waals surface area (Å²) < 4.78 is 21.6. The highest BCUT2D eigenvalue weighted by Gasteiger charge is 2.15. The summed E-state index contributed by atoms with van der Waals surface area (Å²) in [5, 5.41) is 0.303. The van der Waals surface area contributed by atoms with Crippen LogP contribution in [0.2, 0.25) is 0 Å². The van der Waals surface area contributed by atoms with Crippen LogP contribution in [0.5, 0.6) is 23.0 Å². The Kier molecular flexibility index (Phi) is 5.69. The molecule has 4 rings (SSSR count). The minimum absolute atomic E-state index is 0.0216. The van der Waals surface area contributed by atoms with E-state index in [1.807, 2.05) is 30.3 Å². The maximum Gasteiger partial charge on any atom is 0.519 e. The molecule has 0 saturated heterocycles. The molecular formula is C26H22O6. The first-order valence-electron chi connectivity index (χ1n) is 10.1. The predicted molar refractivity (Wildman–Crippen MR) is 121 cm³/mol. The standard InChI is InChI=1S/C26H22O6/c1-26(2,3)17-9-11-19(12-10-17)30-23-16-29-22-15-20(13-14-21(22)24(23)27)32-25(28)31-18-7-5-4-6-8-18/h4-16H,1-3H3. The number of benzene rings is 3. The highest BCUT2D eigenvalue weighted by molar-refractivity contribution is 5.80. The number of carbonyl (C=O) groups is 1. The summed E-state index contributed by atoms with van der Waals surface area (Å²) in [4.78, 5) is 24.8. The zero-order chi connectivity index (χ0) is 22.7. The van der Waals surface area contributed by atoms with Crippen LogP contribution in [0.25, 0.3) is 11.0 Å². The van der Waals surface area contributed by atoms with Gasteiger partial charge in [-0.25, -0.2) is 4.79 Å². The van der Waals surface area contributed by atoms with E-state index in [4.69, 9.17) is 18.6 Å². The van der Waals surface area contributed by atoms with Crippen molar-refractivity contribution in [2.45, 2.75) is 26.2 Å². The third-order valence-electron chi connectivity index (χ3n) is 4.81. The van der Waals surface area contributed by atoms with Gasteiger partial charge in [0, 0.05) is 6.07 Å². The third kappa shape index (κ3) is 4.81. The molecule has 0 aliphatic heterocycles. The van der Waals surface area contributed by atoms with E-state index < -0.39 is 6.16 Å². The number of hydrogen-bond acceptors (Lipinski definition) is 6. The van der Waals surface area contributed by atoms with Crippen molar-refractivity contribution in [1.29, 1.82) is 0 Å². The van der Waals surface area contributed by atoms with Gasteiger partial charge < -0.3 is 18.6 Å². The van der Waals surface area contributed by atoms with E-state index in [-0.39, 0.29) is 27.9 Å². The zero-order valence-corrected chi connectivity index (χ0v) is 18.0. The first kappa shape index (κ1) is 21.2. The van der Waals surface area contributed by atoms with Crippen molar-refractivity contribution in [2.24, 2.45) is 0 Å². The Hall–Kier alpha value is -4.06. The second-order valence-corrected chi connectivity index (χ2v) is 8.23. The highest BCUT2D eigenvalue weighted by atomic mass is 16.7. The molecular weight excluding hydrogens is 408 g/mol. The van der Waals surface area contributed by atoms with E-state index in [1.165, 1.54) is 24.5 Å². The van der Waals surface area contributed by atoms with Crippen LogP contribution in [0.1, 0.15) is 26.3 Å². The number of rotatable bonds is 4. The summed E-state index contributed by atoms with van der Waals surface area (Å²) in [5.41, 5.74) is 1.11.